The molecule has 2 aliphatic rings. The van der Waals surface area contributed by atoms with Crippen LogP contribution in [0.5, 0.6) is 0 Å². The molecule has 0 aliphatic carbocycles. The van der Waals surface area contributed by atoms with E-state index in [1.165, 1.54) is 65.0 Å². The van der Waals surface area contributed by atoms with Crippen molar-refractivity contribution in [1.82, 2.24) is 15.1 Å². The Kier molecular flexibility index (Phi) is 7.15. The van der Waals surface area contributed by atoms with Crippen molar-refractivity contribution in [2.75, 3.05) is 52.4 Å². The monoisotopic (exact) mass is 281 g/mol. The van der Waals surface area contributed by atoms with Gasteiger partial charge in [-0.2, -0.15) is 0 Å². The maximum Gasteiger partial charge on any atom is 0.188 e. The van der Waals surface area contributed by atoms with E-state index in [1.807, 2.05) is 0 Å². The maximum atomic E-state index is 5.87. The number of hydrogen-bond donors (Lipinski definition) is 2. The zero-order valence-corrected chi connectivity index (χ0v) is 12.8. The number of hydrogen-bond acceptors (Lipinski definition) is 3. The summed E-state index contributed by atoms with van der Waals surface area (Å²) in [6, 6.07) is 0. The second-order valence-electron chi connectivity index (χ2n) is 6.00. The average Bonchev–Trinajstić information content (AvgIpc) is 3.13. The van der Waals surface area contributed by atoms with Crippen molar-refractivity contribution in [1.29, 1.82) is 0 Å². The molecule has 20 heavy (non-hydrogen) atoms. The molecule has 5 nitrogen and oxygen atoms in total. The van der Waals surface area contributed by atoms with Crippen LogP contribution in [0.2, 0.25) is 0 Å². The summed E-state index contributed by atoms with van der Waals surface area (Å²) in [4.78, 5) is 9.45. The minimum absolute atomic E-state index is 0.618. The molecule has 0 aromatic rings. The third-order valence-corrected chi connectivity index (χ3v) is 4.27. The van der Waals surface area contributed by atoms with E-state index >= 15 is 0 Å². The lowest BCUT2D eigenvalue weighted by Crippen LogP contribution is -2.34. The first-order chi connectivity index (χ1) is 9.84. The Morgan fingerprint density at radius 1 is 0.900 bits per heavy atom. The van der Waals surface area contributed by atoms with Crippen LogP contribution in [-0.4, -0.2) is 68.1 Å². The molecule has 2 aliphatic heterocycles. The van der Waals surface area contributed by atoms with Crippen LogP contribution in [0.25, 0.3) is 0 Å². The molecule has 116 valence electrons. The lowest BCUT2D eigenvalue weighted by atomic mass is 10.4. The molecule has 0 unspecified atom stereocenters. The quantitative estimate of drug-likeness (QED) is 0.394. The molecule has 0 aromatic heterocycles. The van der Waals surface area contributed by atoms with Gasteiger partial charge in [0.15, 0.2) is 5.96 Å². The van der Waals surface area contributed by atoms with Gasteiger partial charge in [0.25, 0.3) is 0 Å². The molecule has 3 N–H and O–H groups in total. The number of nitrogens with zero attached hydrogens (tertiary/aromatic N) is 3. The van der Waals surface area contributed by atoms with E-state index in [9.17, 15) is 0 Å². The normalized spacial score (nSPS) is 21.7. The minimum atomic E-state index is 0.618. The van der Waals surface area contributed by atoms with Crippen LogP contribution in [0.1, 0.15) is 38.5 Å². The predicted octanol–water partition coefficient (Wildman–Crippen LogP) is 0.863. The third kappa shape index (κ3) is 6.09. The number of likely N-dealkylation sites (tertiary alicyclic amines) is 2. The largest absolute Gasteiger partial charge is 0.370 e. The smallest absolute Gasteiger partial charge is 0.188 e. The zero-order chi connectivity index (χ0) is 14.0. The Bertz CT molecular complexity index is 280. The molecule has 2 rings (SSSR count). The van der Waals surface area contributed by atoms with Gasteiger partial charge in [-0.3, -0.25) is 4.99 Å². The topological polar surface area (TPSA) is 56.9 Å². The Morgan fingerprint density at radius 3 is 2.05 bits per heavy atom. The number of guanidine groups is 1. The molecule has 0 saturated carbocycles. The van der Waals surface area contributed by atoms with Gasteiger partial charge < -0.3 is 20.9 Å². The molecule has 0 aromatic carbocycles. The van der Waals surface area contributed by atoms with Crippen LogP contribution in [0.3, 0.4) is 0 Å². The van der Waals surface area contributed by atoms with Crippen molar-refractivity contribution in [3.05, 3.63) is 0 Å². The van der Waals surface area contributed by atoms with Gasteiger partial charge in [0, 0.05) is 13.1 Å². The minimum Gasteiger partial charge on any atom is -0.370 e. The number of rotatable bonds is 8. The number of nitrogens with two attached hydrogens (primary N) is 1. The van der Waals surface area contributed by atoms with E-state index in [1.54, 1.807) is 0 Å². The second kappa shape index (κ2) is 9.19. The zero-order valence-electron chi connectivity index (χ0n) is 12.8. The van der Waals surface area contributed by atoms with Gasteiger partial charge >= 0.3 is 0 Å². The van der Waals surface area contributed by atoms with Crippen LogP contribution < -0.4 is 11.1 Å². The Balaban J connectivity index is 1.43. The summed E-state index contributed by atoms with van der Waals surface area (Å²) in [5.41, 5.74) is 5.87. The highest BCUT2D eigenvalue weighted by atomic mass is 15.1. The molecule has 2 saturated heterocycles. The van der Waals surface area contributed by atoms with E-state index in [0.717, 1.165) is 25.9 Å². The fourth-order valence-corrected chi connectivity index (χ4v) is 3.08. The lowest BCUT2D eigenvalue weighted by Gasteiger charge is -2.14. The summed E-state index contributed by atoms with van der Waals surface area (Å²) in [5.74, 6) is 0.618. The molecule has 0 radical (unpaired) electrons. The Hall–Kier alpha value is -0.810. The summed E-state index contributed by atoms with van der Waals surface area (Å²) in [6.45, 7) is 9.25. The first kappa shape index (κ1) is 15.6. The molecule has 0 atom stereocenters. The number of nitrogens with one attached hydrogen (secondary N) is 1. The van der Waals surface area contributed by atoms with Crippen molar-refractivity contribution in [2.24, 2.45) is 10.7 Å². The van der Waals surface area contributed by atoms with Gasteiger partial charge in [-0.1, -0.05) is 0 Å². The summed E-state index contributed by atoms with van der Waals surface area (Å²) in [5, 5.41) is 3.22. The fourth-order valence-electron chi connectivity index (χ4n) is 3.08. The van der Waals surface area contributed by atoms with E-state index in [0.29, 0.717) is 5.96 Å². The van der Waals surface area contributed by atoms with Crippen molar-refractivity contribution in [2.45, 2.75) is 38.5 Å². The van der Waals surface area contributed by atoms with Crippen LogP contribution >= 0.6 is 0 Å². The highest BCUT2D eigenvalue weighted by Gasteiger charge is 2.10. The molecule has 0 amide bonds. The van der Waals surface area contributed by atoms with Crippen molar-refractivity contribution < 1.29 is 0 Å². The summed E-state index contributed by atoms with van der Waals surface area (Å²) in [7, 11) is 0. The molecular weight excluding hydrogens is 250 g/mol. The summed E-state index contributed by atoms with van der Waals surface area (Å²) in [6.07, 6.45) is 7.75. The van der Waals surface area contributed by atoms with Crippen LogP contribution in [0.4, 0.5) is 0 Å². The van der Waals surface area contributed by atoms with Gasteiger partial charge in [0.05, 0.1) is 0 Å². The van der Waals surface area contributed by atoms with Crippen LogP contribution in [0.15, 0.2) is 4.99 Å². The van der Waals surface area contributed by atoms with E-state index < -0.39 is 0 Å². The molecule has 2 heterocycles. The standard InChI is InChI=1S/C15H31N5/c16-15(17-7-5-13-19-9-1-2-10-19)18-8-6-14-20-11-3-4-12-20/h1-14H2,(H3,16,17,18). The molecule has 2 fully saturated rings. The van der Waals surface area contributed by atoms with Crippen LogP contribution in [-0.2, 0) is 0 Å². The first-order valence-corrected chi connectivity index (χ1v) is 8.33. The molecule has 0 bridgehead atoms. The SMILES string of the molecule is NC(=NCCCN1CCCC1)NCCCN1CCCC1. The maximum absolute atomic E-state index is 5.87. The van der Waals surface area contributed by atoms with Crippen molar-refractivity contribution in [3.8, 4) is 0 Å². The summed E-state index contributed by atoms with van der Waals surface area (Å²) >= 11 is 0. The number of aliphatic imine (C=N–C) groups is 1. The van der Waals surface area contributed by atoms with Gasteiger partial charge in [0.1, 0.15) is 0 Å². The highest BCUT2D eigenvalue weighted by Crippen LogP contribution is 2.07. The van der Waals surface area contributed by atoms with Gasteiger partial charge in [0.2, 0.25) is 0 Å². The van der Waals surface area contributed by atoms with E-state index in [2.05, 4.69) is 20.1 Å². The fraction of sp³-hybridized carbons (Fsp3) is 0.933. The van der Waals surface area contributed by atoms with Crippen molar-refractivity contribution >= 4 is 5.96 Å². The van der Waals surface area contributed by atoms with E-state index in [4.69, 9.17) is 5.73 Å². The van der Waals surface area contributed by atoms with Gasteiger partial charge in [-0.05, 0) is 77.8 Å². The van der Waals surface area contributed by atoms with Crippen LogP contribution in [0, 0.1) is 0 Å². The predicted molar refractivity (Wildman–Crippen MR) is 85.1 cm³/mol. The molecular formula is C15H31N5. The average molecular weight is 281 g/mol. The second-order valence-corrected chi connectivity index (χ2v) is 6.00. The Morgan fingerprint density at radius 2 is 1.45 bits per heavy atom. The van der Waals surface area contributed by atoms with Gasteiger partial charge in [-0.25, -0.2) is 0 Å². The highest BCUT2D eigenvalue weighted by molar-refractivity contribution is 5.77. The summed E-state index contributed by atoms with van der Waals surface area (Å²) < 4.78 is 0. The molecule has 5 heteroatoms. The van der Waals surface area contributed by atoms with E-state index in [-0.39, 0.29) is 0 Å². The first-order valence-electron chi connectivity index (χ1n) is 8.33. The third-order valence-electron chi connectivity index (χ3n) is 4.27. The van der Waals surface area contributed by atoms with Gasteiger partial charge in [-0.15, -0.1) is 0 Å². The van der Waals surface area contributed by atoms with Crippen molar-refractivity contribution in [3.63, 3.8) is 0 Å². The lowest BCUT2D eigenvalue weighted by molar-refractivity contribution is 0.333. The molecule has 0 spiro atoms. The Labute approximate surface area is 123 Å².